The van der Waals surface area contributed by atoms with Gasteiger partial charge in [-0.3, -0.25) is 4.79 Å². The third kappa shape index (κ3) is 3.52. The second-order valence-corrected chi connectivity index (χ2v) is 5.20. The predicted octanol–water partition coefficient (Wildman–Crippen LogP) is 2.91. The van der Waals surface area contributed by atoms with Crippen LogP contribution in [0.4, 0.5) is 0 Å². The lowest BCUT2D eigenvalue weighted by Crippen LogP contribution is -2.31. The minimum absolute atomic E-state index is 0.108. The SMILES string of the molecule is Cn1ccnc1C(NC(=O)CCCl)c1ccc(Cl)cc1. The lowest BCUT2D eigenvalue weighted by Gasteiger charge is -2.19. The Morgan fingerprint density at radius 1 is 1.40 bits per heavy atom. The zero-order valence-corrected chi connectivity index (χ0v) is 12.5. The van der Waals surface area contributed by atoms with E-state index >= 15 is 0 Å². The number of aryl methyl sites for hydroxylation is 1. The van der Waals surface area contributed by atoms with Crippen LogP contribution < -0.4 is 5.32 Å². The third-order valence-electron chi connectivity index (χ3n) is 2.95. The molecule has 6 heteroatoms. The van der Waals surface area contributed by atoms with Gasteiger partial charge in [-0.1, -0.05) is 23.7 Å². The Kier molecular flexibility index (Phi) is 5.04. The van der Waals surface area contributed by atoms with E-state index < -0.39 is 0 Å². The summed E-state index contributed by atoms with van der Waals surface area (Å²) in [7, 11) is 1.89. The highest BCUT2D eigenvalue weighted by Crippen LogP contribution is 2.22. The zero-order valence-electron chi connectivity index (χ0n) is 11.0. The molecule has 1 aromatic heterocycles. The van der Waals surface area contributed by atoms with Crippen LogP contribution in [-0.4, -0.2) is 21.3 Å². The number of nitrogens with zero attached hydrogens (tertiary/aromatic N) is 2. The Hall–Kier alpha value is -1.52. The number of aromatic nitrogens is 2. The van der Waals surface area contributed by atoms with Crippen molar-refractivity contribution < 1.29 is 4.79 Å². The maximum Gasteiger partial charge on any atom is 0.222 e. The molecule has 0 saturated heterocycles. The number of imidazole rings is 1. The number of alkyl halides is 1. The van der Waals surface area contributed by atoms with Gasteiger partial charge in [0.25, 0.3) is 0 Å². The first-order chi connectivity index (χ1) is 9.61. The van der Waals surface area contributed by atoms with Crippen LogP contribution in [0.2, 0.25) is 5.02 Å². The van der Waals surface area contributed by atoms with E-state index in [1.165, 1.54) is 0 Å². The number of carbonyl (C=O) groups is 1. The van der Waals surface area contributed by atoms with E-state index in [0.717, 1.165) is 11.4 Å². The highest BCUT2D eigenvalue weighted by molar-refractivity contribution is 6.30. The minimum atomic E-state index is -0.317. The average molecular weight is 312 g/mol. The van der Waals surface area contributed by atoms with E-state index in [2.05, 4.69) is 10.3 Å². The van der Waals surface area contributed by atoms with Gasteiger partial charge >= 0.3 is 0 Å². The van der Waals surface area contributed by atoms with E-state index in [4.69, 9.17) is 23.2 Å². The van der Waals surface area contributed by atoms with Crippen molar-refractivity contribution in [3.63, 3.8) is 0 Å². The van der Waals surface area contributed by atoms with E-state index in [1.807, 2.05) is 29.9 Å². The van der Waals surface area contributed by atoms with Crippen LogP contribution in [0.5, 0.6) is 0 Å². The number of carbonyl (C=O) groups excluding carboxylic acids is 1. The molecule has 0 aliphatic heterocycles. The van der Waals surface area contributed by atoms with Crippen LogP contribution in [0.1, 0.15) is 23.9 Å². The molecule has 20 heavy (non-hydrogen) atoms. The topological polar surface area (TPSA) is 46.9 Å². The van der Waals surface area contributed by atoms with Crippen molar-refractivity contribution in [3.8, 4) is 0 Å². The summed E-state index contributed by atoms with van der Waals surface area (Å²) in [6.45, 7) is 0. The second kappa shape index (κ2) is 6.77. The van der Waals surface area contributed by atoms with E-state index in [9.17, 15) is 4.79 Å². The Morgan fingerprint density at radius 2 is 2.10 bits per heavy atom. The largest absolute Gasteiger partial charge is 0.342 e. The van der Waals surface area contributed by atoms with Crippen LogP contribution in [0.15, 0.2) is 36.7 Å². The lowest BCUT2D eigenvalue weighted by molar-refractivity contribution is -0.121. The van der Waals surface area contributed by atoms with Gasteiger partial charge in [0.15, 0.2) is 0 Å². The molecule has 1 atom stereocenters. The standard InChI is InChI=1S/C14H15Cl2N3O/c1-19-9-8-17-14(19)13(18-12(20)6-7-15)10-2-4-11(16)5-3-10/h2-5,8-9,13H,6-7H2,1H3,(H,18,20). The van der Waals surface area contributed by atoms with Gasteiger partial charge < -0.3 is 9.88 Å². The summed E-state index contributed by atoms with van der Waals surface area (Å²) in [6.07, 6.45) is 3.81. The first-order valence-electron chi connectivity index (χ1n) is 6.20. The molecule has 0 fully saturated rings. The molecule has 0 bridgehead atoms. The van der Waals surface area contributed by atoms with Crippen molar-refractivity contribution in [2.75, 3.05) is 5.88 Å². The first kappa shape index (κ1) is 14.9. The molecule has 0 spiro atoms. The van der Waals surface area contributed by atoms with Crippen molar-refractivity contribution in [1.82, 2.24) is 14.9 Å². The Bertz CT molecular complexity index is 580. The van der Waals surface area contributed by atoms with Gasteiger partial charge in [0, 0.05) is 36.8 Å². The molecule has 1 unspecified atom stereocenters. The highest BCUT2D eigenvalue weighted by Gasteiger charge is 2.20. The van der Waals surface area contributed by atoms with Gasteiger partial charge in [-0.2, -0.15) is 0 Å². The van der Waals surface area contributed by atoms with Crippen molar-refractivity contribution in [2.24, 2.45) is 7.05 Å². The number of benzene rings is 1. The monoisotopic (exact) mass is 311 g/mol. The summed E-state index contributed by atoms with van der Waals surface area (Å²) in [6, 6.07) is 7.02. The molecule has 2 rings (SSSR count). The second-order valence-electron chi connectivity index (χ2n) is 4.39. The van der Waals surface area contributed by atoms with Gasteiger partial charge in [-0.15, -0.1) is 11.6 Å². The Morgan fingerprint density at radius 3 is 2.65 bits per heavy atom. The highest BCUT2D eigenvalue weighted by atomic mass is 35.5. The summed E-state index contributed by atoms with van der Waals surface area (Å²) in [5, 5.41) is 3.60. The fraction of sp³-hybridized carbons (Fsp3) is 0.286. The summed E-state index contributed by atoms with van der Waals surface area (Å²) in [5.41, 5.74) is 0.923. The molecule has 0 aliphatic rings. The van der Waals surface area contributed by atoms with Crippen molar-refractivity contribution >= 4 is 29.1 Å². The number of halogens is 2. The van der Waals surface area contributed by atoms with Crippen molar-refractivity contribution in [1.29, 1.82) is 0 Å². The van der Waals surface area contributed by atoms with Crippen LogP contribution in [0.25, 0.3) is 0 Å². The minimum Gasteiger partial charge on any atom is -0.342 e. The maximum atomic E-state index is 11.8. The van der Waals surface area contributed by atoms with Crippen LogP contribution in [0, 0.1) is 0 Å². The molecular weight excluding hydrogens is 297 g/mol. The molecule has 1 aromatic carbocycles. The summed E-state index contributed by atoms with van der Waals surface area (Å²) >= 11 is 11.5. The van der Waals surface area contributed by atoms with Crippen LogP contribution >= 0.6 is 23.2 Å². The Labute approximate surface area is 127 Å². The molecule has 106 valence electrons. The number of hydrogen-bond donors (Lipinski definition) is 1. The van der Waals surface area contributed by atoms with Crippen molar-refractivity contribution in [3.05, 3.63) is 53.1 Å². The molecule has 0 saturated carbocycles. The maximum absolute atomic E-state index is 11.8. The molecule has 1 amide bonds. The van der Waals surface area contributed by atoms with Gasteiger partial charge in [-0.25, -0.2) is 4.98 Å². The number of hydrogen-bond acceptors (Lipinski definition) is 2. The Balaban J connectivity index is 2.31. The number of nitrogens with one attached hydrogen (secondary N) is 1. The lowest BCUT2D eigenvalue weighted by atomic mass is 10.1. The molecule has 1 N–H and O–H groups in total. The average Bonchev–Trinajstić information content (AvgIpc) is 2.84. The van der Waals surface area contributed by atoms with Gasteiger partial charge in [-0.05, 0) is 17.7 Å². The summed E-state index contributed by atoms with van der Waals surface area (Å²) in [4.78, 5) is 16.2. The predicted molar refractivity (Wildman–Crippen MR) is 80.0 cm³/mol. The zero-order chi connectivity index (χ0) is 14.5. The van der Waals surface area contributed by atoms with Gasteiger partial charge in [0.05, 0.1) is 0 Å². The molecule has 4 nitrogen and oxygen atoms in total. The fourth-order valence-corrected chi connectivity index (χ4v) is 2.22. The molecule has 1 heterocycles. The molecular formula is C14H15Cl2N3O. The van der Waals surface area contributed by atoms with E-state index in [1.54, 1.807) is 18.3 Å². The third-order valence-corrected chi connectivity index (χ3v) is 3.39. The molecule has 0 radical (unpaired) electrons. The van der Waals surface area contributed by atoms with Crippen LogP contribution in [-0.2, 0) is 11.8 Å². The quantitative estimate of drug-likeness (QED) is 0.863. The van der Waals surface area contributed by atoms with Gasteiger partial charge in [0.2, 0.25) is 5.91 Å². The van der Waals surface area contributed by atoms with Gasteiger partial charge in [0.1, 0.15) is 11.9 Å². The molecule has 0 aliphatic carbocycles. The van der Waals surface area contributed by atoms with E-state index in [-0.39, 0.29) is 18.4 Å². The van der Waals surface area contributed by atoms with Crippen molar-refractivity contribution in [2.45, 2.75) is 12.5 Å². The number of rotatable bonds is 5. The van der Waals surface area contributed by atoms with E-state index in [0.29, 0.717) is 10.9 Å². The summed E-state index contributed by atoms with van der Waals surface area (Å²) < 4.78 is 1.88. The number of amides is 1. The smallest absolute Gasteiger partial charge is 0.222 e. The first-order valence-corrected chi connectivity index (χ1v) is 7.11. The summed E-state index contributed by atoms with van der Waals surface area (Å²) in [5.74, 6) is 0.943. The van der Waals surface area contributed by atoms with Crippen LogP contribution in [0.3, 0.4) is 0 Å². The molecule has 2 aromatic rings. The normalized spacial score (nSPS) is 12.2. The fourth-order valence-electron chi connectivity index (χ4n) is 1.93.